The summed E-state index contributed by atoms with van der Waals surface area (Å²) in [6.07, 6.45) is 3.78. The number of carbonyl (C=O) groups excluding carboxylic acids is 1. The van der Waals surface area contributed by atoms with Gasteiger partial charge in [-0.15, -0.1) is 0 Å². The molecule has 1 unspecified atom stereocenters. The highest BCUT2D eigenvalue weighted by Gasteiger charge is 2.47. The fraction of sp³-hybridized carbons (Fsp3) is 0.500. The molecule has 4 rings (SSSR count). The molecule has 2 aromatic carbocycles. The van der Waals surface area contributed by atoms with Gasteiger partial charge in [0, 0.05) is 19.1 Å². The highest BCUT2D eigenvalue weighted by molar-refractivity contribution is 5.85. The first-order valence-corrected chi connectivity index (χ1v) is 11.6. The summed E-state index contributed by atoms with van der Waals surface area (Å²) >= 11 is 0. The van der Waals surface area contributed by atoms with E-state index in [1.54, 1.807) is 14.2 Å². The van der Waals surface area contributed by atoms with Crippen LogP contribution in [0.5, 0.6) is 11.5 Å². The van der Waals surface area contributed by atoms with E-state index in [2.05, 4.69) is 4.90 Å². The molecule has 0 radical (unpaired) electrons. The Morgan fingerprint density at radius 3 is 2.06 bits per heavy atom. The first-order valence-electron chi connectivity index (χ1n) is 11.6. The average molecular weight is 438 g/mol. The zero-order chi connectivity index (χ0) is 22.6. The molecule has 172 valence electrons. The lowest BCUT2D eigenvalue weighted by Gasteiger charge is -2.38. The third-order valence-corrected chi connectivity index (χ3v) is 7.25. The molecule has 2 heterocycles. The van der Waals surface area contributed by atoms with Gasteiger partial charge in [0.2, 0.25) is 5.91 Å². The van der Waals surface area contributed by atoms with Crippen LogP contribution in [0.25, 0.3) is 0 Å². The number of piperidine rings is 1. The number of carbonyl (C=O) groups is 1. The van der Waals surface area contributed by atoms with Crippen molar-refractivity contribution in [3.8, 4) is 11.5 Å². The van der Waals surface area contributed by atoms with Crippen LogP contribution in [0.2, 0.25) is 0 Å². The molecule has 1 atom stereocenters. The Balaban J connectivity index is 1.25. The number of nitrogens with two attached hydrogens (primary N) is 1. The van der Waals surface area contributed by atoms with Gasteiger partial charge in [-0.25, -0.2) is 0 Å². The van der Waals surface area contributed by atoms with E-state index in [0.717, 1.165) is 74.5 Å². The smallest absolute Gasteiger partial charge is 0.229 e. The highest BCUT2D eigenvalue weighted by Crippen LogP contribution is 2.42. The zero-order valence-electron chi connectivity index (χ0n) is 19.3. The third-order valence-electron chi connectivity index (χ3n) is 7.25. The molecule has 1 amide bonds. The lowest BCUT2D eigenvalue weighted by atomic mass is 9.77. The predicted molar refractivity (Wildman–Crippen MR) is 126 cm³/mol. The Morgan fingerprint density at radius 1 is 0.906 bits per heavy atom. The predicted octanol–water partition coefficient (Wildman–Crippen LogP) is 3.61. The van der Waals surface area contributed by atoms with Crippen LogP contribution in [0.15, 0.2) is 48.5 Å². The number of nitrogens with zero attached hydrogens (tertiary/aromatic N) is 2. The maximum Gasteiger partial charge on any atom is 0.229 e. The number of amides is 1. The molecule has 0 saturated carbocycles. The highest BCUT2D eigenvalue weighted by atomic mass is 16.5. The molecule has 6 heteroatoms. The normalized spacial score (nSPS) is 19.3. The molecular formula is C26H35N3O3. The van der Waals surface area contributed by atoms with Crippen molar-refractivity contribution < 1.29 is 14.3 Å². The molecule has 6 nitrogen and oxygen atoms in total. The zero-order valence-corrected chi connectivity index (χ0v) is 19.3. The second-order valence-electron chi connectivity index (χ2n) is 9.12. The molecule has 1 spiro atoms. The number of rotatable bonds is 8. The fourth-order valence-corrected chi connectivity index (χ4v) is 5.00. The number of hydrogen-bond acceptors (Lipinski definition) is 5. The van der Waals surface area contributed by atoms with E-state index in [1.807, 2.05) is 53.4 Å². The van der Waals surface area contributed by atoms with Gasteiger partial charge in [-0.05, 0) is 80.7 Å². The maximum absolute atomic E-state index is 13.3. The van der Waals surface area contributed by atoms with Crippen LogP contribution in [-0.2, 0) is 11.3 Å². The van der Waals surface area contributed by atoms with E-state index < -0.39 is 0 Å². The quantitative estimate of drug-likeness (QED) is 0.683. The van der Waals surface area contributed by atoms with Gasteiger partial charge in [0.25, 0.3) is 0 Å². The Bertz CT molecular complexity index is 890. The van der Waals surface area contributed by atoms with Crippen LogP contribution in [0.3, 0.4) is 0 Å². The summed E-state index contributed by atoms with van der Waals surface area (Å²) in [7, 11) is 3.34. The molecule has 0 aliphatic carbocycles. The van der Waals surface area contributed by atoms with Crippen molar-refractivity contribution in [3.63, 3.8) is 0 Å². The number of benzene rings is 2. The Kier molecular flexibility index (Phi) is 7.01. The topological polar surface area (TPSA) is 68.0 Å². The minimum absolute atomic E-state index is 0.0184. The molecule has 2 N–H and O–H groups in total. The monoisotopic (exact) mass is 437 g/mol. The Labute approximate surface area is 191 Å². The van der Waals surface area contributed by atoms with Crippen molar-refractivity contribution in [2.75, 3.05) is 40.4 Å². The summed E-state index contributed by atoms with van der Waals surface area (Å²) in [6, 6.07) is 16.0. The van der Waals surface area contributed by atoms with E-state index in [-0.39, 0.29) is 11.5 Å². The van der Waals surface area contributed by atoms with Gasteiger partial charge in [-0.3, -0.25) is 4.79 Å². The average Bonchev–Trinajstić information content (AvgIpc) is 3.13. The molecule has 32 heavy (non-hydrogen) atoms. The van der Waals surface area contributed by atoms with E-state index in [1.165, 1.54) is 0 Å². The van der Waals surface area contributed by atoms with Gasteiger partial charge in [0.15, 0.2) is 0 Å². The summed E-state index contributed by atoms with van der Waals surface area (Å²) in [5, 5.41) is 0. The summed E-state index contributed by atoms with van der Waals surface area (Å²) in [5.41, 5.74) is 8.54. The van der Waals surface area contributed by atoms with Gasteiger partial charge >= 0.3 is 0 Å². The van der Waals surface area contributed by atoms with Crippen LogP contribution in [0.4, 0.5) is 0 Å². The van der Waals surface area contributed by atoms with Crippen molar-refractivity contribution in [2.24, 2.45) is 11.1 Å². The van der Waals surface area contributed by atoms with E-state index in [9.17, 15) is 4.79 Å². The SMILES string of the molecule is COc1ccc(CN2CCC3(CCN(CCC(N)c4ccc(OC)cc4)CC3)C2=O)cc1. The van der Waals surface area contributed by atoms with Crippen LogP contribution < -0.4 is 15.2 Å². The number of ether oxygens (including phenoxy) is 2. The molecule has 2 aliphatic rings. The van der Waals surface area contributed by atoms with E-state index in [0.29, 0.717) is 12.5 Å². The third kappa shape index (κ3) is 4.92. The molecule has 2 aliphatic heterocycles. The molecule has 0 bridgehead atoms. The minimum Gasteiger partial charge on any atom is -0.497 e. The molecule has 2 fully saturated rings. The summed E-state index contributed by atoms with van der Waals surface area (Å²) < 4.78 is 10.5. The fourth-order valence-electron chi connectivity index (χ4n) is 5.00. The van der Waals surface area contributed by atoms with Crippen molar-refractivity contribution in [3.05, 3.63) is 59.7 Å². The van der Waals surface area contributed by atoms with Gasteiger partial charge in [-0.1, -0.05) is 24.3 Å². The first-order chi connectivity index (χ1) is 15.5. The number of methoxy groups -OCH3 is 2. The van der Waals surface area contributed by atoms with Crippen LogP contribution in [-0.4, -0.2) is 56.1 Å². The van der Waals surface area contributed by atoms with Gasteiger partial charge in [0.1, 0.15) is 11.5 Å². The van der Waals surface area contributed by atoms with Crippen molar-refractivity contribution in [1.82, 2.24) is 9.80 Å². The van der Waals surface area contributed by atoms with Crippen molar-refractivity contribution >= 4 is 5.91 Å². The number of likely N-dealkylation sites (tertiary alicyclic amines) is 2. The van der Waals surface area contributed by atoms with E-state index in [4.69, 9.17) is 15.2 Å². The second kappa shape index (κ2) is 9.92. The molecule has 0 aromatic heterocycles. The van der Waals surface area contributed by atoms with Crippen LogP contribution in [0.1, 0.15) is 42.9 Å². The largest absolute Gasteiger partial charge is 0.497 e. The standard InChI is InChI=1S/C26H35N3O3/c1-31-22-7-3-20(4-8-22)19-29-18-14-26(25(29)30)12-16-28(17-13-26)15-11-24(27)21-5-9-23(32-2)10-6-21/h3-10,24H,11-19,27H2,1-2H3. The van der Waals surface area contributed by atoms with Crippen molar-refractivity contribution in [1.29, 1.82) is 0 Å². The molecule has 2 aromatic rings. The summed E-state index contributed by atoms with van der Waals surface area (Å²) in [6.45, 7) is 4.44. The molecular weight excluding hydrogens is 402 g/mol. The molecule has 2 saturated heterocycles. The Morgan fingerprint density at radius 2 is 1.47 bits per heavy atom. The number of hydrogen-bond donors (Lipinski definition) is 1. The Hall–Kier alpha value is -2.57. The van der Waals surface area contributed by atoms with Gasteiger partial charge in [-0.2, -0.15) is 0 Å². The summed E-state index contributed by atoms with van der Waals surface area (Å²) in [4.78, 5) is 17.8. The lowest BCUT2D eigenvalue weighted by Crippen LogP contribution is -2.45. The van der Waals surface area contributed by atoms with Crippen LogP contribution >= 0.6 is 0 Å². The second-order valence-corrected chi connectivity index (χ2v) is 9.12. The van der Waals surface area contributed by atoms with Gasteiger partial charge in [0.05, 0.1) is 19.6 Å². The van der Waals surface area contributed by atoms with Gasteiger partial charge < -0.3 is 25.0 Å². The minimum atomic E-state index is -0.166. The summed E-state index contributed by atoms with van der Waals surface area (Å²) in [5.74, 6) is 2.03. The van der Waals surface area contributed by atoms with Crippen molar-refractivity contribution in [2.45, 2.75) is 38.3 Å². The lowest BCUT2D eigenvalue weighted by molar-refractivity contribution is -0.138. The van der Waals surface area contributed by atoms with E-state index >= 15 is 0 Å². The van der Waals surface area contributed by atoms with Crippen LogP contribution in [0, 0.1) is 5.41 Å². The maximum atomic E-state index is 13.3. The first kappa shape index (κ1) is 22.6.